The highest BCUT2D eigenvalue weighted by Crippen LogP contribution is 2.33. The Bertz CT molecular complexity index is 316. The number of hydrogen-bond donors (Lipinski definition) is 1. The zero-order valence-electron chi connectivity index (χ0n) is 8.61. The first-order chi connectivity index (χ1) is 6.14. The third-order valence-electron chi connectivity index (χ3n) is 3.30. The van der Waals surface area contributed by atoms with Crippen molar-refractivity contribution in [3.8, 4) is 0 Å². The molecule has 0 bridgehead atoms. The van der Waals surface area contributed by atoms with Crippen LogP contribution in [0, 0.1) is 6.92 Å². The normalized spacial score (nSPS) is 27.3. The van der Waals surface area contributed by atoms with E-state index in [0.717, 1.165) is 0 Å². The molecule has 0 aliphatic heterocycles. The SMILES string of the molecule is CNC1(C)CCc2c(csc2C)C1. The summed E-state index contributed by atoms with van der Waals surface area (Å²) in [5.41, 5.74) is 3.53. The van der Waals surface area contributed by atoms with E-state index in [1.54, 1.807) is 11.1 Å². The van der Waals surface area contributed by atoms with Gasteiger partial charge in [-0.1, -0.05) is 0 Å². The Labute approximate surface area is 84.2 Å². The van der Waals surface area contributed by atoms with Crippen molar-refractivity contribution in [3.63, 3.8) is 0 Å². The molecule has 1 nitrogen and oxygen atoms in total. The molecule has 2 rings (SSSR count). The summed E-state index contributed by atoms with van der Waals surface area (Å²) in [6.07, 6.45) is 3.72. The molecule has 0 radical (unpaired) electrons. The largest absolute Gasteiger partial charge is 0.314 e. The van der Waals surface area contributed by atoms with Crippen LogP contribution in [-0.2, 0) is 12.8 Å². The van der Waals surface area contributed by atoms with Crippen LogP contribution in [0.4, 0.5) is 0 Å². The van der Waals surface area contributed by atoms with Gasteiger partial charge in [-0.15, -0.1) is 11.3 Å². The summed E-state index contributed by atoms with van der Waals surface area (Å²) < 4.78 is 0. The maximum absolute atomic E-state index is 3.44. The first kappa shape index (κ1) is 9.22. The van der Waals surface area contributed by atoms with Gasteiger partial charge in [0.2, 0.25) is 0 Å². The van der Waals surface area contributed by atoms with Crippen LogP contribution in [0.3, 0.4) is 0 Å². The zero-order valence-corrected chi connectivity index (χ0v) is 9.42. The minimum atomic E-state index is 0.334. The van der Waals surface area contributed by atoms with E-state index < -0.39 is 0 Å². The molecule has 0 fully saturated rings. The number of thiophene rings is 1. The van der Waals surface area contributed by atoms with Crippen molar-refractivity contribution in [1.82, 2.24) is 5.32 Å². The highest BCUT2D eigenvalue weighted by Gasteiger charge is 2.29. The smallest absolute Gasteiger partial charge is 0.0194 e. The molecule has 1 aliphatic rings. The molecule has 1 aromatic rings. The predicted molar refractivity (Wildman–Crippen MR) is 58.5 cm³/mol. The van der Waals surface area contributed by atoms with Gasteiger partial charge >= 0.3 is 0 Å². The van der Waals surface area contributed by atoms with Crippen LogP contribution in [-0.4, -0.2) is 12.6 Å². The summed E-state index contributed by atoms with van der Waals surface area (Å²) in [5.74, 6) is 0. The molecule has 72 valence electrons. The van der Waals surface area contributed by atoms with E-state index in [0.29, 0.717) is 5.54 Å². The molecule has 1 aromatic heterocycles. The lowest BCUT2D eigenvalue weighted by Gasteiger charge is -2.33. The van der Waals surface area contributed by atoms with Gasteiger partial charge in [0.25, 0.3) is 0 Å². The Morgan fingerprint density at radius 3 is 3.00 bits per heavy atom. The van der Waals surface area contributed by atoms with Crippen molar-refractivity contribution in [3.05, 3.63) is 21.4 Å². The fourth-order valence-corrected chi connectivity index (χ4v) is 3.06. The lowest BCUT2D eigenvalue weighted by Crippen LogP contribution is -2.44. The van der Waals surface area contributed by atoms with Crippen molar-refractivity contribution in [1.29, 1.82) is 0 Å². The average Bonchev–Trinajstić information content (AvgIpc) is 2.47. The first-order valence-corrected chi connectivity index (χ1v) is 5.77. The summed E-state index contributed by atoms with van der Waals surface area (Å²) in [5, 5.41) is 5.77. The summed E-state index contributed by atoms with van der Waals surface area (Å²) in [4.78, 5) is 1.52. The Hall–Kier alpha value is -0.340. The summed E-state index contributed by atoms with van der Waals surface area (Å²) in [6.45, 7) is 4.56. The zero-order chi connectivity index (χ0) is 9.47. The lowest BCUT2D eigenvalue weighted by molar-refractivity contribution is 0.339. The van der Waals surface area contributed by atoms with E-state index in [1.165, 1.54) is 24.1 Å². The number of fused-ring (bicyclic) bond motifs is 1. The second kappa shape index (κ2) is 3.10. The van der Waals surface area contributed by atoms with Crippen LogP contribution in [0.2, 0.25) is 0 Å². The van der Waals surface area contributed by atoms with E-state index in [1.807, 2.05) is 11.3 Å². The van der Waals surface area contributed by atoms with E-state index in [-0.39, 0.29) is 0 Å². The molecular formula is C11H17NS. The minimum Gasteiger partial charge on any atom is -0.314 e. The molecule has 0 saturated heterocycles. The maximum Gasteiger partial charge on any atom is 0.0194 e. The third-order valence-corrected chi connectivity index (χ3v) is 4.30. The van der Waals surface area contributed by atoms with E-state index in [2.05, 4.69) is 31.6 Å². The molecule has 0 spiro atoms. The van der Waals surface area contributed by atoms with Gasteiger partial charge in [-0.2, -0.15) is 0 Å². The van der Waals surface area contributed by atoms with E-state index in [4.69, 9.17) is 0 Å². The predicted octanol–water partition coefficient (Wildman–Crippen LogP) is 2.52. The highest BCUT2D eigenvalue weighted by molar-refractivity contribution is 7.10. The van der Waals surface area contributed by atoms with Crippen molar-refractivity contribution in [2.24, 2.45) is 0 Å². The van der Waals surface area contributed by atoms with Crippen LogP contribution in [0.5, 0.6) is 0 Å². The van der Waals surface area contributed by atoms with Crippen molar-refractivity contribution < 1.29 is 0 Å². The van der Waals surface area contributed by atoms with Crippen molar-refractivity contribution >= 4 is 11.3 Å². The Morgan fingerprint density at radius 2 is 2.31 bits per heavy atom. The molecule has 1 heterocycles. The molecule has 13 heavy (non-hydrogen) atoms. The highest BCUT2D eigenvalue weighted by atomic mass is 32.1. The second-order valence-electron chi connectivity index (χ2n) is 4.28. The standard InChI is InChI=1S/C11H17NS/c1-8-10-4-5-11(2,12-3)6-9(10)7-13-8/h7,12H,4-6H2,1-3H3. The van der Waals surface area contributed by atoms with Gasteiger partial charge in [0.05, 0.1) is 0 Å². The quantitative estimate of drug-likeness (QED) is 0.726. The minimum absolute atomic E-state index is 0.334. The fourth-order valence-electron chi connectivity index (χ4n) is 2.14. The molecule has 1 unspecified atom stereocenters. The Balaban J connectivity index is 2.30. The lowest BCUT2D eigenvalue weighted by atomic mass is 9.80. The fraction of sp³-hybridized carbons (Fsp3) is 0.636. The number of aryl methyl sites for hydroxylation is 1. The number of hydrogen-bond acceptors (Lipinski definition) is 2. The van der Waals surface area contributed by atoms with Crippen molar-refractivity contribution in [2.45, 2.75) is 38.6 Å². The second-order valence-corrected chi connectivity index (χ2v) is 5.37. The molecule has 2 heteroatoms. The number of rotatable bonds is 1. The maximum atomic E-state index is 3.44. The number of nitrogens with one attached hydrogen (secondary N) is 1. The van der Waals surface area contributed by atoms with Gasteiger partial charge in [-0.05, 0) is 56.7 Å². The molecule has 1 N–H and O–H groups in total. The average molecular weight is 195 g/mol. The van der Waals surface area contributed by atoms with E-state index in [9.17, 15) is 0 Å². The molecule has 0 aromatic carbocycles. The molecule has 0 amide bonds. The van der Waals surface area contributed by atoms with Gasteiger partial charge in [0, 0.05) is 10.4 Å². The van der Waals surface area contributed by atoms with E-state index >= 15 is 0 Å². The Morgan fingerprint density at radius 1 is 1.54 bits per heavy atom. The third kappa shape index (κ3) is 1.53. The number of likely N-dealkylation sites (N-methyl/N-ethyl adjacent to an activating group) is 1. The van der Waals surface area contributed by atoms with Gasteiger partial charge < -0.3 is 5.32 Å². The Kier molecular flexibility index (Phi) is 2.20. The molecule has 1 aliphatic carbocycles. The van der Waals surface area contributed by atoms with Gasteiger partial charge in [-0.3, -0.25) is 0 Å². The van der Waals surface area contributed by atoms with Crippen LogP contribution in [0.25, 0.3) is 0 Å². The van der Waals surface area contributed by atoms with Gasteiger partial charge in [0.1, 0.15) is 0 Å². The van der Waals surface area contributed by atoms with Crippen LogP contribution >= 0.6 is 11.3 Å². The molecule has 1 atom stereocenters. The molecule has 0 saturated carbocycles. The van der Waals surface area contributed by atoms with Crippen LogP contribution in [0.1, 0.15) is 29.3 Å². The van der Waals surface area contributed by atoms with Crippen molar-refractivity contribution in [2.75, 3.05) is 7.05 Å². The van der Waals surface area contributed by atoms with Crippen LogP contribution < -0.4 is 5.32 Å². The van der Waals surface area contributed by atoms with Crippen LogP contribution in [0.15, 0.2) is 5.38 Å². The summed E-state index contributed by atoms with van der Waals surface area (Å²) in [6, 6.07) is 0. The van der Waals surface area contributed by atoms with Gasteiger partial charge in [0.15, 0.2) is 0 Å². The first-order valence-electron chi connectivity index (χ1n) is 4.89. The summed E-state index contributed by atoms with van der Waals surface area (Å²) >= 11 is 1.90. The molecular weight excluding hydrogens is 178 g/mol. The summed E-state index contributed by atoms with van der Waals surface area (Å²) in [7, 11) is 2.07. The van der Waals surface area contributed by atoms with Gasteiger partial charge in [-0.25, -0.2) is 0 Å². The topological polar surface area (TPSA) is 12.0 Å². The monoisotopic (exact) mass is 195 g/mol.